The third kappa shape index (κ3) is 2.51. The molecule has 0 radical (unpaired) electrons. The zero-order valence-corrected chi connectivity index (χ0v) is 9.94. The fourth-order valence-electron chi connectivity index (χ4n) is 1.30. The Morgan fingerprint density at radius 2 is 1.94 bits per heavy atom. The van der Waals surface area contributed by atoms with Crippen LogP contribution in [-0.2, 0) is 16.4 Å². The minimum Gasteiger partial charge on any atom is -0.334 e. The number of sulfone groups is 1. The summed E-state index contributed by atoms with van der Waals surface area (Å²) in [6, 6.07) is 6.22. The first-order valence-electron chi connectivity index (χ1n) is 4.84. The van der Waals surface area contributed by atoms with Crippen LogP contribution < -0.4 is 5.73 Å². The molecule has 2 rings (SSSR count). The predicted molar refractivity (Wildman–Crippen MR) is 60.7 cm³/mol. The monoisotopic (exact) mass is 253 g/mol. The van der Waals surface area contributed by atoms with E-state index in [-0.39, 0.29) is 11.4 Å². The molecule has 1 aromatic carbocycles. The highest BCUT2D eigenvalue weighted by atomic mass is 32.2. The summed E-state index contributed by atoms with van der Waals surface area (Å²) in [4.78, 5) is 4.29. The normalized spacial score (nSPS) is 11.6. The van der Waals surface area contributed by atoms with E-state index in [1.807, 2.05) is 0 Å². The molecule has 0 saturated heterocycles. The zero-order valence-electron chi connectivity index (χ0n) is 9.12. The van der Waals surface area contributed by atoms with Crippen LogP contribution in [0.5, 0.6) is 0 Å². The molecular formula is C10H11N3O3S. The van der Waals surface area contributed by atoms with Crippen LogP contribution in [0.3, 0.4) is 0 Å². The molecular weight excluding hydrogens is 242 g/mol. The standard InChI is InChI=1S/C10H11N3O3S/c1-17(14,15)8-4-2-7(3-5-8)10-12-9(6-11)13-16-10/h2-5H,6,11H2,1H3. The number of benzene rings is 1. The molecule has 90 valence electrons. The Morgan fingerprint density at radius 3 is 2.41 bits per heavy atom. The second-order valence-electron chi connectivity index (χ2n) is 3.52. The van der Waals surface area contributed by atoms with Gasteiger partial charge in [-0.3, -0.25) is 0 Å². The molecule has 0 fully saturated rings. The summed E-state index contributed by atoms with van der Waals surface area (Å²) in [5.74, 6) is 0.734. The number of nitrogens with zero attached hydrogens (tertiary/aromatic N) is 2. The van der Waals surface area contributed by atoms with Crippen molar-refractivity contribution in [1.29, 1.82) is 0 Å². The molecule has 1 heterocycles. The maximum atomic E-state index is 11.3. The van der Waals surface area contributed by atoms with Gasteiger partial charge in [0.2, 0.25) is 0 Å². The molecule has 0 atom stereocenters. The molecule has 0 saturated carbocycles. The lowest BCUT2D eigenvalue weighted by atomic mass is 10.2. The lowest BCUT2D eigenvalue weighted by Crippen LogP contribution is -1.98. The summed E-state index contributed by atoms with van der Waals surface area (Å²) in [6.07, 6.45) is 1.15. The zero-order chi connectivity index (χ0) is 12.5. The summed E-state index contributed by atoms with van der Waals surface area (Å²) >= 11 is 0. The average Bonchev–Trinajstić information content (AvgIpc) is 2.76. The van der Waals surface area contributed by atoms with Gasteiger partial charge in [0.05, 0.1) is 11.4 Å². The van der Waals surface area contributed by atoms with E-state index in [2.05, 4.69) is 10.1 Å². The molecule has 1 aromatic heterocycles. The summed E-state index contributed by atoms with van der Waals surface area (Å²) in [5, 5.41) is 3.65. The van der Waals surface area contributed by atoms with Gasteiger partial charge in [0.1, 0.15) is 0 Å². The molecule has 7 heteroatoms. The Kier molecular flexibility index (Phi) is 2.95. The summed E-state index contributed by atoms with van der Waals surface area (Å²) in [6.45, 7) is 0.199. The summed E-state index contributed by atoms with van der Waals surface area (Å²) < 4.78 is 27.5. The fraction of sp³-hybridized carbons (Fsp3) is 0.200. The first-order chi connectivity index (χ1) is 8.00. The highest BCUT2D eigenvalue weighted by molar-refractivity contribution is 7.90. The van der Waals surface area contributed by atoms with Gasteiger partial charge < -0.3 is 10.3 Å². The van der Waals surface area contributed by atoms with Gasteiger partial charge in [-0.05, 0) is 24.3 Å². The predicted octanol–water partition coefficient (Wildman–Crippen LogP) is 0.599. The molecule has 0 bridgehead atoms. The molecule has 2 aromatic rings. The third-order valence-electron chi connectivity index (χ3n) is 2.18. The lowest BCUT2D eigenvalue weighted by Gasteiger charge is -1.98. The summed E-state index contributed by atoms with van der Waals surface area (Å²) in [7, 11) is -3.19. The van der Waals surface area contributed by atoms with Crippen LogP contribution in [0.25, 0.3) is 11.5 Å². The van der Waals surface area contributed by atoms with Crippen molar-refractivity contribution in [1.82, 2.24) is 10.1 Å². The van der Waals surface area contributed by atoms with Crippen molar-refractivity contribution >= 4 is 9.84 Å². The molecule has 0 aliphatic heterocycles. The van der Waals surface area contributed by atoms with Gasteiger partial charge in [-0.15, -0.1) is 0 Å². The number of nitrogens with two attached hydrogens (primary N) is 1. The van der Waals surface area contributed by atoms with Gasteiger partial charge in [-0.25, -0.2) is 8.42 Å². The maximum absolute atomic E-state index is 11.3. The molecule has 2 N–H and O–H groups in total. The second-order valence-corrected chi connectivity index (χ2v) is 5.53. The number of hydrogen-bond acceptors (Lipinski definition) is 6. The highest BCUT2D eigenvalue weighted by Gasteiger charge is 2.10. The molecule has 17 heavy (non-hydrogen) atoms. The lowest BCUT2D eigenvalue weighted by molar-refractivity contribution is 0.423. The van der Waals surface area contributed by atoms with E-state index in [1.165, 1.54) is 12.1 Å². The first kappa shape index (κ1) is 11.7. The van der Waals surface area contributed by atoms with Gasteiger partial charge in [0.25, 0.3) is 5.89 Å². The summed E-state index contributed by atoms with van der Waals surface area (Å²) in [5.41, 5.74) is 6.02. The Bertz CT molecular complexity index is 617. The van der Waals surface area contributed by atoms with Gasteiger partial charge >= 0.3 is 0 Å². The van der Waals surface area contributed by atoms with Crippen LogP contribution in [-0.4, -0.2) is 24.8 Å². The van der Waals surface area contributed by atoms with Crippen molar-refractivity contribution < 1.29 is 12.9 Å². The van der Waals surface area contributed by atoms with Crippen LogP contribution in [0.15, 0.2) is 33.7 Å². The van der Waals surface area contributed by atoms with Crippen LogP contribution >= 0.6 is 0 Å². The van der Waals surface area contributed by atoms with Crippen molar-refractivity contribution in [3.05, 3.63) is 30.1 Å². The smallest absolute Gasteiger partial charge is 0.257 e. The molecule has 0 aliphatic rings. The first-order valence-corrected chi connectivity index (χ1v) is 6.73. The second kappa shape index (κ2) is 4.27. The van der Waals surface area contributed by atoms with E-state index in [4.69, 9.17) is 10.3 Å². The van der Waals surface area contributed by atoms with Crippen LogP contribution in [0.2, 0.25) is 0 Å². The quantitative estimate of drug-likeness (QED) is 0.859. The average molecular weight is 253 g/mol. The Balaban J connectivity index is 2.35. The molecule has 0 aliphatic carbocycles. The van der Waals surface area contributed by atoms with E-state index in [1.54, 1.807) is 12.1 Å². The van der Waals surface area contributed by atoms with E-state index in [0.29, 0.717) is 17.3 Å². The fourth-order valence-corrected chi connectivity index (χ4v) is 1.93. The van der Waals surface area contributed by atoms with E-state index < -0.39 is 9.84 Å². The van der Waals surface area contributed by atoms with Gasteiger partial charge in [-0.1, -0.05) is 5.16 Å². The van der Waals surface area contributed by atoms with Gasteiger partial charge in [0, 0.05) is 11.8 Å². The number of rotatable bonds is 3. The molecule has 0 spiro atoms. The maximum Gasteiger partial charge on any atom is 0.257 e. The van der Waals surface area contributed by atoms with Crippen LogP contribution in [0.1, 0.15) is 5.82 Å². The van der Waals surface area contributed by atoms with Crippen molar-refractivity contribution in [2.45, 2.75) is 11.4 Å². The number of aromatic nitrogens is 2. The van der Waals surface area contributed by atoms with Crippen molar-refractivity contribution in [2.75, 3.05) is 6.26 Å². The molecule has 0 unspecified atom stereocenters. The minimum atomic E-state index is -3.19. The van der Waals surface area contributed by atoms with Crippen molar-refractivity contribution in [3.8, 4) is 11.5 Å². The minimum absolute atomic E-state index is 0.199. The van der Waals surface area contributed by atoms with E-state index in [0.717, 1.165) is 6.26 Å². The van der Waals surface area contributed by atoms with E-state index >= 15 is 0 Å². The van der Waals surface area contributed by atoms with Crippen LogP contribution in [0, 0.1) is 0 Å². The third-order valence-corrected chi connectivity index (χ3v) is 3.31. The number of hydrogen-bond donors (Lipinski definition) is 1. The SMILES string of the molecule is CS(=O)(=O)c1ccc(-c2nc(CN)no2)cc1. The topological polar surface area (TPSA) is 99.1 Å². The van der Waals surface area contributed by atoms with Crippen molar-refractivity contribution in [3.63, 3.8) is 0 Å². The molecule has 6 nitrogen and oxygen atoms in total. The Hall–Kier alpha value is -1.73. The van der Waals surface area contributed by atoms with Gasteiger partial charge in [0.15, 0.2) is 15.7 Å². The van der Waals surface area contributed by atoms with E-state index in [9.17, 15) is 8.42 Å². The molecule has 0 amide bonds. The van der Waals surface area contributed by atoms with Crippen LogP contribution in [0.4, 0.5) is 0 Å². The largest absolute Gasteiger partial charge is 0.334 e. The highest BCUT2D eigenvalue weighted by Crippen LogP contribution is 2.19. The van der Waals surface area contributed by atoms with Gasteiger partial charge in [-0.2, -0.15) is 4.98 Å². The Labute approximate surface area is 98.4 Å². The Morgan fingerprint density at radius 1 is 1.29 bits per heavy atom. The van der Waals surface area contributed by atoms with Crippen molar-refractivity contribution in [2.24, 2.45) is 5.73 Å².